The molecule has 0 aliphatic carbocycles. The van der Waals surface area contributed by atoms with E-state index in [1.165, 1.54) is 11.1 Å². The topological polar surface area (TPSA) is 20.2 Å². The SMILES string of the molecule is CCCC(O)c1cccc(-c2ccccc2)c1. The Hall–Kier alpha value is -1.60. The summed E-state index contributed by atoms with van der Waals surface area (Å²) in [6, 6.07) is 18.4. The van der Waals surface area contributed by atoms with Crippen LogP contribution in [0, 0.1) is 0 Å². The van der Waals surface area contributed by atoms with Crippen LogP contribution in [-0.4, -0.2) is 5.11 Å². The van der Waals surface area contributed by atoms with E-state index in [1.54, 1.807) is 0 Å². The molecule has 0 saturated carbocycles. The van der Waals surface area contributed by atoms with Crippen molar-refractivity contribution < 1.29 is 5.11 Å². The minimum absolute atomic E-state index is 0.344. The quantitative estimate of drug-likeness (QED) is 0.828. The van der Waals surface area contributed by atoms with Gasteiger partial charge in [-0.2, -0.15) is 0 Å². The van der Waals surface area contributed by atoms with Crippen LogP contribution < -0.4 is 0 Å². The van der Waals surface area contributed by atoms with Crippen LogP contribution in [0.25, 0.3) is 11.1 Å². The zero-order valence-electron chi connectivity index (χ0n) is 10.1. The van der Waals surface area contributed by atoms with E-state index in [-0.39, 0.29) is 6.10 Å². The van der Waals surface area contributed by atoms with Crippen molar-refractivity contribution in [1.29, 1.82) is 0 Å². The van der Waals surface area contributed by atoms with E-state index in [9.17, 15) is 5.11 Å². The van der Waals surface area contributed by atoms with Crippen LogP contribution in [0.3, 0.4) is 0 Å². The van der Waals surface area contributed by atoms with Crippen molar-refractivity contribution in [2.24, 2.45) is 0 Å². The lowest BCUT2D eigenvalue weighted by atomic mass is 9.99. The molecule has 0 radical (unpaired) electrons. The summed E-state index contributed by atoms with van der Waals surface area (Å²) in [6.45, 7) is 2.09. The molecular formula is C16H18O. The molecule has 0 bridgehead atoms. The Morgan fingerprint density at radius 1 is 0.941 bits per heavy atom. The molecule has 1 atom stereocenters. The fraction of sp³-hybridized carbons (Fsp3) is 0.250. The fourth-order valence-electron chi connectivity index (χ4n) is 2.00. The number of rotatable bonds is 4. The van der Waals surface area contributed by atoms with Gasteiger partial charge in [-0.25, -0.2) is 0 Å². The van der Waals surface area contributed by atoms with E-state index in [0.717, 1.165) is 18.4 Å². The van der Waals surface area contributed by atoms with E-state index >= 15 is 0 Å². The van der Waals surface area contributed by atoms with Gasteiger partial charge < -0.3 is 5.11 Å². The summed E-state index contributed by atoms with van der Waals surface area (Å²) in [7, 11) is 0. The van der Waals surface area contributed by atoms with Crippen molar-refractivity contribution in [3.05, 3.63) is 60.2 Å². The van der Waals surface area contributed by atoms with Gasteiger partial charge in [-0.1, -0.05) is 61.9 Å². The largest absolute Gasteiger partial charge is 0.388 e. The average molecular weight is 226 g/mol. The van der Waals surface area contributed by atoms with E-state index in [1.807, 2.05) is 30.3 Å². The van der Waals surface area contributed by atoms with Crippen molar-refractivity contribution in [2.75, 3.05) is 0 Å². The maximum Gasteiger partial charge on any atom is 0.0790 e. The molecule has 2 rings (SSSR count). The molecule has 0 amide bonds. The van der Waals surface area contributed by atoms with Gasteiger partial charge in [-0.15, -0.1) is 0 Å². The first-order valence-corrected chi connectivity index (χ1v) is 6.14. The van der Waals surface area contributed by atoms with Crippen LogP contribution >= 0.6 is 0 Å². The Kier molecular flexibility index (Phi) is 3.94. The van der Waals surface area contributed by atoms with E-state index in [0.29, 0.717) is 0 Å². The average Bonchev–Trinajstić information content (AvgIpc) is 2.40. The molecular weight excluding hydrogens is 208 g/mol. The third-order valence-corrected chi connectivity index (χ3v) is 2.94. The van der Waals surface area contributed by atoms with Crippen molar-refractivity contribution in [3.8, 4) is 11.1 Å². The molecule has 2 aromatic carbocycles. The smallest absolute Gasteiger partial charge is 0.0790 e. The van der Waals surface area contributed by atoms with Gasteiger partial charge in [0, 0.05) is 0 Å². The van der Waals surface area contributed by atoms with Gasteiger partial charge in [0.1, 0.15) is 0 Å². The van der Waals surface area contributed by atoms with Crippen LogP contribution in [0.2, 0.25) is 0 Å². The maximum absolute atomic E-state index is 9.99. The van der Waals surface area contributed by atoms with Gasteiger partial charge in [0.05, 0.1) is 6.10 Å². The van der Waals surface area contributed by atoms with Gasteiger partial charge in [0.25, 0.3) is 0 Å². The summed E-state index contributed by atoms with van der Waals surface area (Å²) >= 11 is 0. The van der Waals surface area contributed by atoms with Crippen LogP contribution in [0.1, 0.15) is 31.4 Å². The normalized spacial score (nSPS) is 12.4. The van der Waals surface area contributed by atoms with E-state index in [2.05, 4.69) is 31.2 Å². The predicted octanol–water partition coefficient (Wildman–Crippen LogP) is 4.19. The van der Waals surface area contributed by atoms with E-state index in [4.69, 9.17) is 0 Å². The summed E-state index contributed by atoms with van der Waals surface area (Å²) in [5, 5.41) is 9.99. The van der Waals surface area contributed by atoms with Gasteiger partial charge in [-0.05, 0) is 29.2 Å². The summed E-state index contributed by atoms with van der Waals surface area (Å²) in [5.41, 5.74) is 3.37. The third-order valence-electron chi connectivity index (χ3n) is 2.94. The molecule has 0 aromatic heterocycles. The second-order valence-electron chi connectivity index (χ2n) is 4.30. The molecule has 0 spiro atoms. The third kappa shape index (κ3) is 2.95. The lowest BCUT2D eigenvalue weighted by Gasteiger charge is -2.11. The number of aliphatic hydroxyl groups excluding tert-OH is 1. The molecule has 0 aliphatic heterocycles. The molecule has 88 valence electrons. The lowest BCUT2D eigenvalue weighted by molar-refractivity contribution is 0.166. The van der Waals surface area contributed by atoms with Gasteiger partial charge in [0.2, 0.25) is 0 Å². The first-order valence-electron chi connectivity index (χ1n) is 6.14. The highest BCUT2D eigenvalue weighted by Crippen LogP contribution is 2.24. The fourth-order valence-corrected chi connectivity index (χ4v) is 2.00. The maximum atomic E-state index is 9.99. The molecule has 1 N–H and O–H groups in total. The molecule has 0 saturated heterocycles. The highest BCUT2D eigenvalue weighted by Gasteiger charge is 2.07. The zero-order chi connectivity index (χ0) is 12.1. The van der Waals surface area contributed by atoms with Gasteiger partial charge in [-0.3, -0.25) is 0 Å². The minimum atomic E-state index is -0.344. The van der Waals surface area contributed by atoms with Crippen molar-refractivity contribution in [2.45, 2.75) is 25.9 Å². The van der Waals surface area contributed by atoms with Crippen LogP contribution in [-0.2, 0) is 0 Å². The van der Waals surface area contributed by atoms with Crippen molar-refractivity contribution in [3.63, 3.8) is 0 Å². The first-order chi connectivity index (χ1) is 8.31. The molecule has 0 fully saturated rings. The summed E-state index contributed by atoms with van der Waals surface area (Å²) < 4.78 is 0. The number of hydrogen-bond acceptors (Lipinski definition) is 1. The van der Waals surface area contributed by atoms with Gasteiger partial charge in [0.15, 0.2) is 0 Å². The highest BCUT2D eigenvalue weighted by molar-refractivity contribution is 5.64. The van der Waals surface area contributed by atoms with Crippen molar-refractivity contribution >= 4 is 0 Å². The standard InChI is InChI=1S/C16H18O/c1-2-7-16(17)15-11-6-10-14(12-15)13-8-4-3-5-9-13/h3-6,8-12,16-17H,2,7H2,1H3. The molecule has 1 heteroatoms. The van der Waals surface area contributed by atoms with Gasteiger partial charge >= 0.3 is 0 Å². The Morgan fingerprint density at radius 3 is 2.35 bits per heavy atom. The Labute approximate surface area is 103 Å². The molecule has 2 aromatic rings. The molecule has 17 heavy (non-hydrogen) atoms. The minimum Gasteiger partial charge on any atom is -0.388 e. The Bertz CT molecular complexity index is 462. The summed E-state index contributed by atoms with van der Waals surface area (Å²) in [5.74, 6) is 0. The highest BCUT2D eigenvalue weighted by atomic mass is 16.3. The Balaban J connectivity index is 2.29. The van der Waals surface area contributed by atoms with Crippen LogP contribution in [0.15, 0.2) is 54.6 Å². The molecule has 1 unspecified atom stereocenters. The first kappa shape index (κ1) is 11.9. The number of hydrogen-bond donors (Lipinski definition) is 1. The monoisotopic (exact) mass is 226 g/mol. The lowest BCUT2D eigenvalue weighted by Crippen LogP contribution is -1.96. The van der Waals surface area contributed by atoms with E-state index < -0.39 is 0 Å². The molecule has 0 aliphatic rings. The molecule has 0 heterocycles. The second kappa shape index (κ2) is 5.65. The number of aliphatic hydroxyl groups is 1. The molecule has 1 nitrogen and oxygen atoms in total. The zero-order valence-corrected chi connectivity index (χ0v) is 10.1. The Morgan fingerprint density at radius 2 is 1.65 bits per heavy atom. The second-order valence-corrected chi connectivity index (χ2v) is 4.30. The number of benzene rings is 2. The predicted molar refractivity (Wildman–Crippen MR) is 71.7 cm³/mol. The summed E-state index contributed by atoms with van der Waals surface area (Å²) in [6.07, 6.45) is 1.47. The summed E-state index contributed by atoms with van der Waals surface area (Å²) in [4.78, 5) is 0. The van der Waals surface area contributed by atoms with Crippen molar-refractivity contribution in [1.82, 2.24) is 0 Å². The van der Waals surface area contributed by atoms with Crippen LogP contribution in [0.4, 0.5) is 0 Å². The van der Waals surface area contributed by atoms with Crippen LogP contribution in [0.5, 0.6) is 0 Å².